The molecule has 1 heterocycles. The van der Waals surface area contributed by atoms with Crippen molar-refractivity contribution >= 4 is 20.9 Å². The molecule has 128 valence electrons. The summed E-state index contributed by atoms with van der Waals surface area (Å²) in [6.45, 7) is 14.6. The molecule has 0 radical (unpaired) electrons. The molecular weight excluding hydrogens is 300 g/mol. The predicted molar refractivity (Wildman–Crippen MR) is 87.3 cm³/mol. The van der Waals surface area contributed by atoms with Crippen LogP contribution < -0.4 is 0 Å². The van der Waals surface area contributed by atoms with Crippen LogP contribution in [0.4, 0.5) is 0 Å². The maximum absolute atomic E-state index is 11.5. The largest absolute Gasteiger partial charge is 0.414 e. The number of ether oxygens (including phenoxy) is 2. The van der Waals surface area contributed by atoms with Gasteiger partial charge in [0.05, 0.1) is 6.61 Å². The van der Waals surface area contributed by atoms with Crippen molar-refractivity contribution in [3.63, 3.8) is 0 Å². The Morgan fingerprint density at radius 3 is 2.27 bits per heavy atom. The van der Waals surface area contributed by atoms with E-state index in [0.717, 1.165) is 12.6 Å². The lowest BCUT2D eigenvalue weighted by Crippen LogP contribution is -2.51. The number of carbonyl (C=O) groups excluding carboxylic acids is 2. The minimum absolute atomic E-state index is 0.0600. The van der Waals surface area contributed by atoms with Crippen LogP contribution in [0.3, 0.4) is 0 Å². The molecule has 0 aromatic heterocycles. The highest BCUT2D eigenvalue weighted by molar-refractivity contribution is 6.74. The third-order valence-electron chi connectivity index (χ3n) is 4.67. The van der Waals surface area contributed by atoms with Crippen LogP contribution in [-0.2, 0) is 23.5 Å². The molecule has 0 amide bonds. The molecule has 6 heteroatoms. The summed E-state index contributed by atoms with van der Waals surface area (Å²) in [6, 6.07) is 0. The summed E-state index contributed by atoms with van der Waals surface area (Å²) in [5, 5.41) is 0.0600. The lowest BCUT2D eigenvalue weighted by atomic mass is 9.93. The van der Waals surface area contributed by atoms with Crippen LogP contribution in [0.25, 0.3) is 0 Å². The first-order valence-electron chi connectivity index (χ1n) is 7.80. The number of aldehydes is 2. The van der Waals surface area contributed by atoms with E-state index in [1.807, 2.05) is 0 Å². The molecular formula is C16H30O5Si. The number of hydrogen-bond acceptors (Lipinski definition) is 5. The monoisotopic (exact) mass is 330 g/mol. The summed E-state index contributed by atoms with van der Waals surface area (Å²) in [7, 11) is -1.99. The standard InChI is InChI=1S/C16H30O5Si/c1-14(2,3)22(6,7)19-12-16(9-8-10-17)13(11-18)20-15(4,5)21-16/h10-11,13H,8-9,12H2,1-7H3/t13-,16-/m0/s1. The smallest absolute Gasteiger partial charge is 0.192 e. The Balaban J connectivity index is 2.98. The van der Waals surface area contributed by atoms with E-state index in [1.54, 1.807) is 13.8 Å². The molecule has 0 saturated carbocycles. The second-order valence-electron chi connectivity index (χ2n) is 8.00. The SMILES string of the molecule is CC1(C)O[C@@H](C=O)[C@](CCC=O)(CO[Si](C)(C)C(C)(C)C)O1. The van der Waals surface area contributed by atoms with Crippen molar-refractivity contribution in [1.82, 2.24) is 0 Å². The second kappa shape index (κ2) is 6.51. The highest BCUT2D eigenvalue weighted by atomic mass is 28.4. The summed E-state index contributed by atoms with van der Waals surface area (Å²) in [6.07, 6.45) is 1.61. The average molecular weight is 330 g/mol. The zero-order valence-corrected chi connectivity index (χ0v) is 15.9. The molecule has 0 spiro atoms. The maximum atomic E-state index is 11.5. The van der Waals surface area contributed by atoms with Crippen LogP contribution in [-0.4, -0.2) is 45.0 Å². The van der Waals surface area contributed by atoms with Crippen molar-refractivity contribution in [2.45, 2.75) is 83.1 Å². The van der Waals surface area contributed by atoms with Gasteiger partial charge in [0.2, 0.25) is 0 Å². The van der Waals surface area contributed by atoms with Gasteiger partial charge in [-0.15, -0.1) is 0 Å². The van der Waals surface area contributed by atoms with Gasteiger partial charge in [0.25, 0.3) is 0 Å². The van der Waals surface area contributed by atoms with Crippen molar-refractivity contribution in [3.05, 3.63) is 0 Å². The fraction of sp³-hybridized carbons (Fsp3) is 0.875. The van der Waals surface area contributed by atoms with Crippen LogP contribution in [0.2, 0.25) is 18.1 Å². The summed E-state index contributed by atoms with van der Waals surface area (Å²) < 4.78 is 18.0. The molecule has 0 aromatic carbocycles. The van der Waals surface area contributed by atoms with E-state index in [4.69, 9.17) is 13.9 Å². The molecule has 0 N–H and O–H groups in total. The van der Waals surface area contributed by atoms with E-state index in [9.17, 15) is 9.59 Å². The molecule has 1 rings (SSSR count). The molecule has 2 atom stereocenters. The van der Waals surface area contributed by atoms with Crippen LogP contribution in [0, 0.1) is 0 Å². The third-order valence-corrected chi connectivity index (χ3v) is 9.15. The molecule has 22 heavy (non-hydrogen) atoms. The van der Waals surface area contributed by atoms with Crippen molar-refractivity contribution in [2.24, 2.45) is 0 Å². The Morgan fingerprint density at radius 1 is 1.23 bits per heavy atom. The number of hydrogen-bond donors (Lipinski definition) is 0. The zero-order chi connectivity index (χ0) is 17.2. The van der Waals surface area contributed by atoms with E-state index in [-0.39, 0.29) is 11.6 Å². The Hall–Kier alpha value is -0.563. The van der Waals surface area contributed by atoms with Gasteiger partial charge in [-0.3, -0.25) is 0 Å². The maximum Gasteiger partial charge on any atom is 0.192 e. The van der Waals surface area contributed by atoms with E-state index >= 15 is 0 Å². The second-order valence-corrected chi connectivity index (χ2v) is 12.8. The molecule has 1 aliphatic rings. The van der Waals surface area contributed by atoms with Gasteiger partial charge in [0.15, 0.2) is 20.4 Å². The highest BCUT2D eigenvalue weighted by Gasteiger charge is 2.54. The topological polar surface area (TPSA) is 61.8 Å². The normalized spacial score (nSPS) is 28.6. The zero-order valence-electron chi connectivity index (χ0n) is 14.9. The van der Waals surface area contributed by atoms with Crippen LogP contribution in [0.15, 0.2) is 0 Å². The molecule has 0 aliphatic carbocycles. The quantitative estimate of drug-likeness (QED) is 0.530. The molecule has 1 fully saturated rings. The van der Waals surface area contributed by atoms with Crippen molar-refractivity contribution in [2.75, 3.05) is 6.61 Å². The van der Waals surface area contributed by atoms with Gasteiger partial charge >= 0.3 is 0 Å². The van der Waals surface area contributed by atoms with E-state index < -0.39 is 25.8 Å². The lowest BCUT2D eigenvalue weighted by Gasteiger charge is -2.40. The minimum atomic E-state index is -1.99. The van der Waals surface area contributed by atoms with Gasteiger partial charge in [-0.2, -0.15) is 0 Å². The number of carbonyl (C=O) groups is 2. The van der Waals surface area contributed by atoms with Crippen LogP contribution in [0.1, 0.15) is 47.5 Å². The molecule has 0 bridgehead atoms. The van der Waals surface area contributed by atoms with Gasteiger partial charge in [0.1, 0.15) is 18.0 Å². The lowest BCUT2D eigenvalue weighted by molar-refractivity contribution is -0.171. The highest BCUT2D eigenvalue weighted by Crippen LogP contribution is 2.42. The molecule has 5 nitrogen and oxygen atoms in total. The van der Waals surface area contributed by atoms with Gasteiger partial charge in [-0.25, -0.2) is 0 Å². The first-order valence-corrected chi connectivity index (χ1v) is 10.7. The molecule has 1 aliphatic heterocycles. The number of rotatable bonds is 7. The predicted octanol–water partition coefficient (Wildman–Crippen LogP) is 3.08. The van der Waals surface area contributed by atoms with E-state index in [2.05, 4.69) is 33.9 Å². The summed E-state index contributed by atoms with van der Waals surface area (Å²) in [5.41, 5.74) is -0.887. The van der Waals surface area contributed by atoms with E-state index in [1.165, 1.54) is 0 Å². The average Bonchev–Trinajstić information content (AvgIpc) is 2.64. The minimum Gasteiger partial charge on any atom is -0.414 e. The van der Waals surface area contributed by atoms with Crippen molar-refractivity contribution in [1.29, 1.82) is 0 Å². The van der Waals surface area contributed by atoms with Gasteiger partial charge < -0.3 is 23.5 Å². The Labute approximate surface area is 134 Å². The summed E-state index contributed by atoms with van der Waals surface area (Å²) in [4.78, 5) is 22.3. The first kappa shape index (κ1) is 19.5. The fourth-order valence-corrected chi connectivity index (χ4v) is 3.37. The Morgan fingerprint density at radius 2 is 1.82 bits per heavy atom. The van der Waals surface area contributed by atoms with Gasteiger partial charge in [-0.05, 0) is 38.4 Å². The van der Waals surface area contributed by atoms with Crippen molar-refractivity contribution < 1.29 is 23.5 Å². The summed E-state index contributed by atoms with van der Waals surface area (Å²) in [5.74, 6) is -0.856. The Bertz CT molecular complexity index is 413. The molecule has 0 unspecified atom stereocenters. The van der Waals surface area contributed by atoms with Gasteiger partial charge in [0, 0.05) is 6.42 Å². The van der Waals surface area contributed by atoms with Gasteiger partial charge in [-0.1, -0.05) is 20.8 Å². The van der Waals surface area contributed by atoms with Crippen LogP contribution in [0.5, 0.6) is 0 Å². The van der Waals surface area contributed by atoms with Crippen LogP contribution >= 0.6 is 0 Å². The van der Waals surface area contributed by atoms with E-state index in [0.29, 0.717) is 12.8 Å². The van der Waals surface area contributed by atoms with Crippen molar-refractivity contribution in [3.8, 4) is 0 Å². The molecule has 1 saturated heterocycles. The third kappa shape index (κ3) is 4.25. The first-order chi connectivity index (χ1) is 9.89. The summed E-state index contributed by atoms with van der Waals surface area (Å²) >= 11 is 0. The fourth-order valence-electron chi connectivity index (χ4n) is 2.34. The molecule has 0 aromatic rings. The Kier molecular flexibility index (Phi) is 5.77.